The number of hydrogen-bond acceptors (Lipinski definition) is 3. The van der Waals surface area contributed by atoms with E-state index in [1.54, 1.807) is 13.2 Å². The number of aromatic hydroxyl groups is 1. The quantitative estimate of drug-likeness (QED) is 0.804. The van der Waals surface area contributed by atoms with Gasteiger partial charge in [-0.05, 0) is 26.8 Å². The van der Waals surface area contributed by atoms with E-state index in [2.05, 4.69) is 19.2 Å². The van der Waals surface area contributed by atoms with E-state index < -0.39 is 0 Å². The maximum atomic E-state index is 9.69. The molecule has 0 spiro atoms. The van der Waals surface area contributed by atoms with Gasteiger partial charge in [-0.3, -0.25) is 0 Å². The molecule has 1 rings (SSSR count). The Kier molecular flexibility index (Phi) is 4.33. The number of methoxy groups -OCH3 is 1. The van der Waals surface area contributed by atoms with Crippen molar-refractivity contribution in [2.75, 3.05) is 13.7 Å². The van der Waals surface area contributed by atoms with E-state index in [-0.39, 0.29) is 5.54 Å². The Balaban J connectivity index is 2.63. The normalized spacial score (nSPS) is 11.8. The first kappa shape index (κ1) is 13.0. The molecule has 0 saturated carbocycles. The number of phenols is 1. The van der Waals surface area contributed by atoms with Crippen LogP contribution in [0.5, 0.6) is 5.75 Å². The Morgan fingerprint density at radius 1 is 1.38 bits per heavy atom. The molecule has 3 nitrogen and oxygen atoms in total. The predicted molar refractivity (Wildman–Crippen MR) is 65.6 cm³/mol. The van der Waals surface area contributed by atoms with E-state index in [1.807, 2.05) is 19.1 Å². The highest BCUT2D eigenvalue weighted by atomic mass is 16.5. The summed E-state index contributed by atoms with van der Waals surface area (Å²) in [7, 11) is 1.69. The van der Waals surface area contributed by atoms with Crippen LogP contribution in [0.2, 0.25) is 0 Å². The Morgan fingerprint density at radius 3 is 2.69 bits per heavy atom. The Bertz CT molecular complexity index is 348. The molecule has 16 heavy (non-hydrogen) atoms. The molecule has 0 fully saturated rings. The smallest absolute Gasteiger partial charge is 0.120 e. The van der Waals surface area contributed by atoms with Gasteiger partial charge >= 0.3 is 0 Å². The van der Waals surface area contributed by atoms with Crippen LogP contribution in [0.15, 0.2) is 18.2 Å². The van der Waals surface area contributed by atoms with E-state index in [9.17, 15) is 5.11 Å². The molecule has 0 aliphatic rings. The lowest BCUT2D eigenvalue weighted by Crippen LogP contribution is -2.42. The summed E-state index contributed by atoms with van der Waals surface area (Å²) in [6.45, 7) is 7.44. The lowest BCUT2D eigenvalue weighted by molar-refractivity contribution is 0.127. The van der Waals surface area contributed by atoms with E-state index in [1.165, 1.54) is 0 Å². The van der Waals surface area contributed by atoms with Gasteiger partial charge in [-0.25, -0.2) is 0 Å². The maximum absolute atomic E-state index is 9.69. The molecule has 90 valence electrons. The number of rotatable bonds is 5. The number of aryl methyl sites for hydroxylation is 1. The highest BCUT2D eigenvalue weighted by Crippen LogP contribution is 2.18. The minimum atomic E-state index is -0.0923. The van der Waals surface area contributed by atoms with Gasteiger partial charge in [0.15, 0.2) is 0 Å². The zero-order valence-electron chi connectivity index (χ0n) is 10.5. The van der Waals surface area contributed by atoms with Crippen LogP contribution in [0.1, 0.15) is 25.0 Å². The van der Waals surface area contributed by atoms with Crippen molar-refractivity contribution >= 4 is 0 Å². The summed E-state index contributed by atoms with van der Waals surface area (Å²) in [5, 5.41) is 13.0. The molecule has 0 aliphatic heterocycles. The first-order valence-electron chi connectivity index (χ1n) is 5.47. The summed E-state index contributed by atoms with van der Waals surface area (Å²) >= 11 is 0. The van der Waals surface area contributed by atoms with Crippen LogP contribution in [0.4, 0.5) is 0 Å². The zero-order chi connectivity index (χ0) is 12.2. The largest absolute Gasteiger partial charge is 0.508 e. The van der Waals surface area contributed by atoms with Crippen molar-refractivity contribution in [2.24, 2.45) is 0 Å². The summed E-state index contributed by atoms with van der Waals surface area (Å²) in [5.41, 5.74) is 1.98. The lowest BCUT2D eigenvalue weighted by atomic mass is 10.1. The number of phenolic OH excluding ortho intramolecular Hbond substituents is 1. The van der Waals surface area contributed by atoms with Crippen molar-refractivity contribution in [1.82, 2.24) is 5.32 Å². The molecule has 0 unspecified atom stereocenters. The van der Waals surface area contributed by atoms with E-state index >= 15 is 0 Å². The number of benzene rings is 1. The molecule has 0 atom stereocenters. The zero-order valence-corrected chi connectivity index (χ0v) is 10.5. The standard InChI is InChI=1S/C13H21NO2/c1-10-5-6-12(15)11(7-10)8-14-13(2,3)9-16-4/h5-7,14-15H,8-9H2,1-4H3. The van der Waals surface area contributed by atoms with Gasteiger partial charge in [0.1, 0.15) is 5.75 Å². The van der Waals surface area contributed by atoms with E-state index in [4.69, 9.17) is 4.74 Å². The van der Waals surface area contributed by atoms with Gasteiger partial charge < -0.3 is 15.2 Å². The third-order valence-electron chi connectivity index (χ3n) is 2.50. The van der Waals surface area contributed by atoms with E-state index in [0.717, 1.165) is 11.1 Å². The first-order chi connectivity index (χ1) is 7.44. The van der Waals surface area contributed by atoms with Crippen molar-refractivity contribution < 1.29 is 9.84 Å². The van der Waals surface area contributed by atoms with Crippen LogP contribution in [0, 0.1) is 6.92 Å². The van der Waals surface area contributed by atoms with Gasteiger partial charge in [-0.2, -0.15) is 0 Å². The minimum absolute atomic E-state index is 0.0923. The molecule has 0 aromatic heterocycles. The molecule has 0 amide bonds. The van der Waals surface area contributed by atoms with Crippen molar-refractivity contribution in [3.63, 3.8) is 0 Å². The summed E-state index contributed by atoms with van der Waals surface area (Å²) in [6.07, 6.45) is 0. The minimum Gasteiger partial charge on any atom is -0.508 e. The lowest BCUT2D eigenvalue weighted by Gasteiger charge is -2.25. The van der Waals surface area contributed by atoms with Gasteiger partial charge in [0, 0.05) is 24.8 Å². The van der Waals surface area contributed by atoms with Crippen LogP contribution < -0.4 is 5.32 Å². The van der Waals surface area contributed by atoms with Crippen LogP contribution in [-0.4, -0.2) is 24.4 Å². The number of ether oxygens (including phenoxy) is 1. The fourth-order valence-corrected chi connectivity index (χ4v) is 1.60. The summed E-state index contributed by atoms with van der Waals surface area (Å²) < 4.78 is 5.12. The SMILES string of the molecule is COCC(C)(C)NCc1cc(C)ccc1O. The fourth-order valence-electron chi connectivity index (χ4n) is 1.60. The molecule has 1 aromatic carbocycles. The van der Waals surface area contributed by atoms with Gasteiger partial charge in [0.25, 0.3) is 0 Å². The van der Waals surface area contributed by atoms with Crippen molar-refractivity contribution in [1.29, 1.82) is 0 Å². The first-order valence-corrected chi connectivity index (χ1v) is 5.47. The molecule has 0 saturated heterocycles. The predicted octanol–water partition coefficient (Wildman–Crippen LogP) is 2.22. The topological polar surface area (TPSA) is 41.5 Å². The highest BCUT2D eigenvalue weighted by molar-refractivity contribution is 5.35. The Hall–Kier alpha value is -1.06. The summed E-state index contributed by atoms with van der Waals surface area (Å²) in [6, 6.07) is 5.63. The van der Waals surface area contributed by atoms with Gasteiger partial charge in [-0.1, -0.05) is 17.7 Å². The molecule has 0 bridgehead atoms. The number of nitrogens with one attached hydrogen (secondary N) is 1. The van der Waals surface area contributed by atoms with Crippen LogP contribution >= 0.6 is 0 Å². The average Bonchev–Trinajstić information content (AvgIpc) is 2.19. The van der Waals surface area contributed by atoms with Crippen molar-refractivity contribution in [3.05, 3.63) is 29.3 Å². The third-order valence-corrected chi connectivity index (χ3v) is 2.50. The molecule has 0 heterocycles. The molecule has 3 heteroatoms. The van der Waals surface area contributed by atoms with Gasteiger partial charge in [0.05, 0.1) is 6.61 Å². The molecule has 0 radical (unpaired) electrons. The molecular weight excluding hydrogens is 202 g/mol. The fraction of sp³-hybridized carbons (Fsp3) is 0.538. The number of hydrogen-bond donors (Lipinski definition) is 2. The van der Waals surface area contributed by atoms with E-state index in [0.29, 0.717) is 18.9 Å². The Labute approximate surface area is 97.4 Å². The monoisotopic (exact) mass is 223 g/mol. The maximum Gasteiger partial charge on any atom is 0.120 e. The molecule has 0 aliphatic carbocycles. The molecule has 2 N–H and O–H groups in total. The Morgan fingerprint density at radius 2 is 2.06 bits per heavy atom. The second-order valence-corrected chi connectivity index (χ2v) is 4.80. The molecule has 1 aromatic rings. The van der Waals surface area contributed by atoms with Gasteiger partial charge in [-0.15, -0.1) is 0 Å². The second kappa shape index (κ2) is 5.32. The highest BCUT2D eigenvalue weighted by Gasteiger charge is 2.16. The summed E-state index contributed by atoms with van der Waals surface area (Å²) in [5.74, 6) is 0.339. The third kappa shape index (κ3) is 3.83. The molecular formula is C13H21NO2. The van der Waals surface area contributed by atoms with Crippen LogP contribution in [0.3, 0.4) is 0 Å². The van der Waals surface area contributed by atoms with Crippen LogP contribution in [-0.2, 0) is 11.3 Å². The van der Waals surface area contributed by atoms with Crippen molar-refractivity contribution in [2.45, 2.75) is 32.9 Å². The average molecular weight is 223 g/mol. The second-order valence-electron chi connectivity index (χ2n) is 4.80. The van der Waals surface area contributed by atoms with Crippen LogP contribution in [0.25, 0.3) is 0 Å². The summed E-state index contributed by atoms with van der Waals surface area (Å²) in [4.78, 5) is 0. The van der Waals surface area contributed by atoms with Crippen molar-refractivity contribution in [3.8, 4) is 5.75 Å². The van der Waals surface area contributed by atoms with Gasteiger partial charge in [0.2, 0.25) is 0 Å².